The Hall–Kier alpha value is -0.190. The van der Waals surface area contributed by atoms with E-state index in [-0.39, 0.29) is 5.78 Å². The predicted molar refractivity (Wildman–Crippen MR) is 45.9 cm³/mol. The zero-order valence-electron chi connectivity index (χ0n) is 6.72. The maximum absolute atomic E-state index is 11.3. The number of allylic oxidation sites excluding steroid dienone is 1. The van der Waals surface area contributed by atoms with Gasteiger partial charge in [0.2, 0.25) is 5.79 Å². The smallest absolute Gasteiger partial charge is 0.209 e. The van der Waals surface area contributed by atoms with Crippen LogP contribution in [-0.4, -0.2) is 24.8 Å². The van der Waals surface area contributed by atoms with Crippen LogP contribution in [0.4, 0.5) is 0 Å². The van der Waals surface area contributed by atoms with Gasteiger partial charge in [0.05, 0.1) is 24.1 Å². The van der Waals surface area contributed by atoms with Crippen LogP contribution in [-0.2, 0) is 14.3 Å². The average Bonchev–Trinajstić information content (AvgIpc) is 2.57. The number of ketones is 1. The molecule has 3 nitrogen and oxygen atoms in total. The van der Waals surface area contributed by atoms with Crippen LogP contribution in [0.25, 0.3) is 0 Å². The number of carbonyl (C=O) groups excluding carboxylic acids is 1. The summed E-state index contributed by atoms with van der Waals surface area (Å²) in [5.74, 6) is -0.662. The van der Waals surface area contributed by atoms with E-state index in [1.807, 2.05) is 0 Å². The molecule has 1 aliphatic heterocycles. The standard InChI is InChI=1S/C8H9BrO3/c1-5-6(10)4-8(7(5)9)11-2-3-12-8/h2-4H2,1H3. The number of Topliss-reactive ketones (excluding diaryl/α,β-unsaturated/α-hetero) is 1. The lowest BCUT2D eigenvalue weighted by Gasteiger charge is -2.20. The third-order valence-corrected chi connectivity index (χ3v) is 3.43. The van der Waals surface area contributed by atoms with Crippen molar-refractivity contribution in [1.29, 1.82) is 0 Å². The molecule has 1 heterocycles. The number of halogens is 1. The molecule has 0 N–H and O–H groups in total. The molecular formula is C8H9BrO3. The molecular weight excluding hydrogens is 224 g/mol. The molecule has 0 radical (unpaired) electrons. The summed E-state index contributed by atoms with van der Waals surface area (Å²) < 4.78 is 11.6. The molecule has 12 heavy (non-hydrogen) atoms. The summed E-state index contributed by atoms with van der Waals surface area (Å²) in [5, 5.41) is 0. The second kappa shape index (κ2) is 2.65. The van der Waals surface area contributed by atoms with Crippen molar-refractivity contribution in [3.05, 3.63) is 10.1 Å². The predicted octanol–water partition coefficient (Wildman–Crippen LogP) is 1.37. The Kier molecular flexibility index (Phi) is 1.86. The van der Waals surface area contributed by atoms with Gasteiger partial charge < -0.3 is 9.47 Å². The van der Waals surface area contributed by atoms with Crippen LogP contribution in [0.5, 0.6) is 0 Å². The number of carbonyl (C=O) groups is 1. The summed E-state index contributed by atoms with van der Waals surface area (Å²) in [6, 6.07) is 0. The summed E-state index contributed by atoms with van der Waals surface area (Å²) in [6.07, 6.45) is 0.319. The van der Waals surface area contributed by atoms with E-state index < -0.39 is 5.79 Å². The van der Waals surface area contributed by atoms with Gasteiger partial charge in [0, 0.05) is 5.57 Å². The molecule has 0 aromatic carbocycles. The van der Waals surface area contributed by atoms with Crippen molar-refractivity contribution in [2.24, 2.45) is 0 Å². The fourth-order valence-corrected chi connectivity index (χ4v) is 2.10. The van der Waals surface area contributed by atoms with Crippen molar-refractivity contribution in [3.8, 4) is 0 Å². The first kappa shape index (κ1) is 8.41. The van der Waals surface area contributed by atoms with Gasteiger partial charge in [-0.15, -0.1) is 0 Å². The Morgan fingerprint density at radius 1 is 1.42 bits per heavy atom. The topological polar surface area (TPSA) is 35.5 Å². The fourth-order valence-electron chi connectivity index (χ4n) is 1.51. The number of hydrogen-bond acceptors (Lipinski definition) is 3. The van der Waals surface area contributed by atoms with Gasteiger partial charge in [-0.25, -0.2) is 0 Å². The summed E-state index contributed by atoms with van der Waals surface area (Å²) in [4.78, 5) is 11.3. The van der Waals surface area contributed by atoms with Crippen molar-refractivity contribution < 1.29 is 14.3 Å². The van der Waals surface area contributed by atoms with Crippen LogP contribution in [0, 0.1) is 0 Å². The monoisotopic (exact) mass is 232 g/mol. The number of ether oxygens (including phenoxy) is 2. The van der Waals surface area contributed by atoms with Gasteiger partial charge in [0.15, 0.2) is 5.78 Å². The van der Waals surface area contributed by atoms with Gasteiger partial charge in [0.25, 0.3) is 0 Å². The minimum absolute atomic E-state index is 0.101. The first-order valence-electron chi connectivity index (χ1n) is 3.84. The quantitative estimate of drug-likeness (QED) is 0.633. The zero-order valence-corrected chi connectivity index (χ0v) is 8.31. The molecule has 0 bridgehead atoms. The van der Waals surface area contributed by atoms with Crippen LogP contribution in [0.1, 0.15) is 13.3 Å². The fraction of sp³-hybridized carbons (Fsp3) is 0.625. The normalized spacial score (nSPS) is 27.7. The highest BCUT2D eigenvalue weighted by Gasteiger charge is 2.48. The molecule has 0 amide bonds. The van der Waals surface area contributed by atoms with Crippen molar-refractivity contribution in [2.45, 2.75) is 19.1 Å². The van der Waals surface area contributed by atoms with Gasteiger partial charge in [0.1, 0.15) is 0 Å². The first-order valence-corrected chi connectivity index (χ1v) is 4.63. The molecule has 0 saturated carbocycles. The van der Waals surface area contributed by atoms with E-state index in [2.05, 4.69) is 15.9 Å². The maximum Gasteiger partial charge on any atom is 0.209 e. The second-order valence-electron chi connectivity index (χ2n) is 2.99. The maximum atomic E-state index is 11.3. The van der Waals surface area contributed by atoms with E-state index >= 15 is 0 Å². The van der Waals surface area contributed by atoms with E-state index in [1.165, 1.54) is 0 Å². The summed E-state index contributed by atoms with van der Waals surface area (Å²) in [6.45, 7) is 2.91. The minimum atomic E-state index is -0.763. The summed E-state index contributed by atoms with van der Waals surface area (Å²) >= 11 is 3.34. The van der Waals surface area contributed by atoms with E-state index in [1.54, 1.807) is 6.92 Å². The van der Waals surface area contributed by atoms with Gasteiger partial charge in [-0.05, 0) is 22.9 Å². The minimum Gasteiger partial charge on any atom is -0.343 e. The summed E-state index contributed by atoms with van der Waals surface area (Å²) in [7, 11) is 0. The molecule has 1 saturated heterocycles. The zero-order chi connectivity index (χ0) is 8.77. The highest BCUT2D eigenvalue weighted by Crippen LogP contribution is 2.43. The lowest BCUT2D eigenvalue weighted by atomic mass is 10.2. The van der Waals surface area contributed by atoms with Crippen molar-refractivity contribution in [3.63, 3.8) is 0 Å². The Morgan fingerprint density at radius 2 is 2.00 bits per heavy atom. The highest BCUT2D eigenvalue weighted by molar-refractivity contribution is 9.11. The largest absolute Gasteiger partial charge is 0.343 e. The third kappa shape index (κ3) is 0.985. The van der Waals surface area contributed by atoms with Crippen LogP contribution >= 0.6 is 15.9 Å². The van der Waals surface area contributed by atoms with Crippen LogP contribution in [0.15, 0.2) is 10.1 Å². The van der Waals surface area contributed by atoms with Crippen molar-refractivity contribution >= 4 is 21.7 Å². The van der Waals surface area contributed by atoms with Crippen molar-refractivity contribution in [1.82, 2.24) is 0 Å². The molecule has 1 fully saturated rings. The van der Waals surface area contributed by atoms with Gasteiger partial charge in [-0.1, -0.05) is 0 Å². The van der Waals surface area contributed by atoms with Crippen LogP contribution < -0.4 is 0 Å². The van der Waals surface area contributed by atoms with Crippen LogP contribution in [0.3, 0.4) is 0 Å². The molecule has 0 aromatic rings. The number of rotatable bonds is 0. The number of hydrogen-bond donors (Lipinski definition) is 0. The van der Waals surface area contributed by atoms with E-state index in [0.717, 1.165) is 10.1 Å². The van der Waals surface area contributed by atoms with Crippen LogP contribution in [0.2, 0.25) is 0 Å². The molecule has 2 aliphatic rings. The lowest BCUT2D eigenvalue weighted by molar-refractivity contribution is -0.136. The SMILES string of the molecule is CC1=C(Br)C2(CC1=O)OCCO2. The molecule has 2 rings (SSSR count). The molecule has 66 valence electrons. The highest BCUT2D eigenvalue weighted by atomic mass is 79.9. The molecule has 0 atom stereocenters. The van der Waals surface area contributed by atoms with E-state index in [9.17, 15) is 4.79 Å². The third-order valence-electron chi connectivity index (χ3n) is 2.23. The van der Waals surface area contributed by atoms with E-state index in [4.69, 9.17) is 9.47 Å². The lowest BCUT2D eigenvalue weighted by Crippen LogP contribution is -2.28. The van der Waals surface area contributed by atoms with E-state index in [0.29, 0.717) is 19.6 Å². The molecule has 0 unspecified atom stereocenters. The molecule has 1 aliphatic carbocycles. The Bertz CT molecular complexity index is 263. The molecule has 1 spiro atoms. The van der Waals surface area contributed by atoms with Crippen molar-refractivity contribution in [2.75, 3.05) is 13.2 Å². The Balaban J connectivity index is 2.37. The Labute approximate surface area is 78.8 Å². The van der Waals surface area contributed by atoms with Gasteiger partial charge >= 0.3 is 0 Å². The second-order valence-corrected chi connectivity index (χ2v) is 3.78. The molecule has 0 aromatic heterocycles. The average molecular weight is 233 g/mol. The first-order chi connectivity index (χ1) is 5.66. The van der Waals surface area contributed by atoms with Gasteiger partial charge in [-0.3, -0.25) is 4.79 Å². The van der Waals surface area contributed by atoms with Gasteiger partial charge in [-0.2, -0.15) is 0 Å². The summed E-state index contributed by atoms with van der Waals surface area (Å²) in [5.41, 5.74) is 0.719. The Morgan fingerprint density at radius 3 is 2.42 bits per heavy atom. The molecule has 4 heteroatoms.